The molecular formula is C22H17N3O4S. The molecular weight excluding hydrogens is 402 g/mol. The maximum atomic E-state index is 11.9. The Morgan fingerprint density at radius 2 is 1.70 bits per heavy atom. The van der Waals surface area contributed by atoms with Crippen molar-refractivity contribution in [1.29, 1.82) is 5.26 Å². The lowest BCUT2D eigenvalue weighted by molar-refractivity contribution is 0.0599. The fraction of sp³-hybridized carbons (Fsp3) is 0.0909. The molecule has 0 radical (unpaired) electrons. The number of methoxy groups -OCH3 is 2. The number of carbonyl (C=O) groups excluding carboxylic acids is 2. The monoisotopic (exact) mass is 419 g/mol. The molecule has 3 rings (SSSR count). The van der Waals surface area contributed by atoms with E-state index in [1.165, 1.54) is 50.0 Å². The number of nitriles is 1. The number of thiazole rings is 1. The van der Waals surface area contributed by atoms with Crippen molar-refractivity contribution in [3.05, 3.63) is 76.2 Å². The van der Waals surface area contributed by atoms with Gasteiger partial charge in [0, 0.05) is 22.8 Å². The van der Waals surface area contributed by atoms with Crippen molar-refractivity contribution in [2.24, 2.45) is 0 Å². The van der Waals surface area contributed by atoms with Crippen LogP contribution in [-0.4, -0.2) is 31.1 Å². The van der Waals surface area contributed by atoms with Gasteiger partial charge in [-0.1, -0.05) is 30.3 Å². The Labute approximate surface area is 177 Å². The van der Waals surface area contributed by atoms with Gasteiger partial charge in [-0.3, -0.25) is 0 Å². The lowest BCUT2D eigenvalue weighted by Gasteiger charge is -2.08. The van der Waals surface area contributed by atoms with Gasteiger partial charge in [0.05, 0.1) is 31.0 Å². The summed E-state index contributed by atoms with van der Waals surface area (Å²) in [4.78, 5) is 28.3. The number of carbonyl (C=O) groups is 2. The van der Waals surface area contributed by atoms with Crippen molar-refractivity contribution in [1.82, 2.24) is 4.98 Å². The van der Waals surface area contributed by atoms with Crippen molar-refractivity contribution < 1.29 is 19.1 Å². The average molecular weight is 419 g/mol. The second-order valence-electron chi connectivity index (χ2n) is 6.00. The number of hydrogen-bond acceptors (Lipinski definition) is 8. The highest BCUT2D eigenvalue weighted by Crippen LogP contribution is 2.26. The minimum absolute atomic E-state index is 0.176. The van der Waals surface area contributed by atoms with Crippen molar-refractivity contribution in [3.63, 3.8) is 0 Å². The number of rotatable bonds is 6. The quantitative estimate of drug-likeness (QED) is 0.468. The number of aromatic nitrogens is 1. The molecule has 0 saturated carbocycles. The predicted molar refractivity (Wildman–Crippen MR) is 114 cm³/mol. The molecule has 0 unspecified atom stereocenters. The molecule has 0 fully saturated rings. The van der Waals surface area contributed by atoms with Crippen molar-refractivity contribution in [3.8, 4) is 17.3 Å². The van der Waals surface area contributed by atoms with E-state index in [1.807, 2.05) is 35.7 Å². The van der Waals surface area contributed by atoms with Crippen LogP contribution in [0.5, 0.6) is 0 Å². The van der Waals surface area contributed by atoms with Crippen LogP contribution in [0.3, 0.4) is 0 Å². The maximum Gasteiger partial charge on any atom is 0.337 e. The van der Waals surface area contributed by atoms with Crippen LogP contribution in [0.2, 0.25) is 0 Å². The second-order valence-corrected chi connectivity index (χ2v) is 6.86. The Bertz CT molecular complexity index is 1110. The summed E-state index contributed by atoms with van der Waals surface area (Å²) >= 11 is 1.35. The minimum Gasteiger partial charge on any atom is -0.465 e. The van der Waals surface area contributed by atoms with Gasteiger partial charge < -0.3 is 14.8 Å². The number of nitrogens with zero attached hydrogens (tertiary/aromatic N) is 2. The second kappa shape index (κ2) is 9.49. The minimum atomic E-state index is -0.597. The summed E-state index contributed by atoms with van der Waals surface area (Å²) in [5.41, 5.74) is 2.82. The van der Waals surface area contributed by atoms with E-state index in [0.717, 1.165) is 11.3 Å². The average Bonchev–Trinajstić information content (AvgIpc) is 3.29. The molecule has 1 N–H and O–H groups in total. The summed E-state index contributed by atoms with van der Waals surface area (Å²) in [5, 5.41) is 14.9. The Morgan fingerprint density at radius 1 is 1.07 bits per heavy atom. The molecule has 1 aromatic heterocycles. The van der Waals surface area contributed by atoms with E-state index < -0.39 is 11.9 Å². The first kappa shape index (κ1) is 20.8. The summed E-state index contributed by atoms with van der Waals surface area (Å²) in [6, 6.07) is 16.2. The summed E-state index contributed by atoms with van der Waals surface area (Å²) in [6.07, 6.45) is 1.48. The SMILES string of the molecule is COC(=O)c1cc(N/C=C(\C#N)c2nc(-c3ccccc3)cs2)cc(C(=O)OC)c1. The van der Waals surface area contributed by atoms with E-state index in [9.17, 15) is 14.9 Å². The highest BCUT2D eigenvalue weighted by Gasteiger charge is 2.14. The smallest absolute Gasteiger partial charge is 0.337 e. The standard InChI is InChI=1S/C22H17N3O4S/c1-28-21(26)15-8-16(22(27)29-2)10-18(9-15)24-12-17(11-23)20-25-19(13-30-20)14-6-4-3-5-7-14/h3-10,12-13,24H,1-2H3/b17-12+. The van der Waals surface area contributed by atoms with Gasteiger partial charge in [-0.15, -0.1) is 11.3 Å². The summed E-state index contributed by atoms with van der Waals surface area (Å²) < 4.78 is 9.45. The van der Waals surface area contributed by atoms with Gasteiger partial charge in [-0.05, 0) is 18.2 Å². The lowest BCUT2D eigenvalue weighted by atomic mass is 10.1. The van der Waals surface area contributed by atoms with Crippen LogP contribution in [0.1, 0.15) is 25.7 Å². The molecule has 30 heavy (non-hydrogen) atoms. The van der Waals surface area contributed by atoms with Crippen LogP contribution in [0.15, 0.2) is 60.1 Å². The van der Waals surface area contributed by atoms with Crippen molar-refractivity contribution in [2.75, 3.05) is 19.5 Å². The number of hydrogen-bond donors (Lipinski definition) is 1. The molecule has 150 valence electrons. The number of ether oxygens (including phenoxy) is 2. The third-order valence-electron chi connectivity index (χ3n) is 4.08. The van der Waals surface area contributed by atoms with Crippen LogP contribution in [0, 0.1) is 11.3 Å². The van der Waals surface area contributed by atoms with Crippen LogP contribution in [0.4, 0.5) is 5.69 Å². The van der Waals surface area contributed by atoms with Crippen LogP contribution >= 0.6 is 11.3 Å². The number of nitrogens with one attached hydrogen (secondary N) is 1. The zero-order valence-corrected chi connectivity index (χ0v) is 17.0. The van der Waals surface area contributed by atoms with Crippen LogP contribution in [0.25, 0.3) is 16.8 Å². The maximum absolute atomic E-state index is 11.9. The van der Waals surface area contributed by atoms with E-state index in [2.05, 4.69) is 16.4 Å². The first-order chi connectivity index (χ1) is 14.5. The molecule has 0 saturated heterocycles. The normalized spacial score (nSPS) is 10.8. The summed E-state index contributed by atoms with van der Waals surface area (Å²) in [6.45, 7) is 0. The fourth-order valence-electron chi connectivity index (χ4n) is 2.62. The Kier molecular flexibility index (Phi) is 6.57. The first-order valence-corrected chi connectivity index (χ1v) is 9.63. The number of allylic oxidation sites excluding steroid dienone is 1. The molecule has 0 aliphatic heterocycles. The van der Waals surface area contributed by atoms with Crippen LogP contribution in [-0.2, 0) is 9.47 Å². The predicted octanol–water partition coefficient (Wildman–Crippen LogP) is 4.36. The van der Waals surface area contributed by atoms with Crippen molar-refractivity contribution in [2.45, 2.75) is 0 Å². The first-order valence-electron chi connectivity index (χ1n) is 8.75. The molecule has 1 heterocycles. The van der Waals surface area contributed by atoms with E-state index in [4.69, 9.17) is 9.47 Å². The summed E-state index contributed by atoms with van der Waals surface area (Å²) in [5.74, 6) is -1.19. The molecule has 0 amide bonds. The zero-order chi connectivity index (χ0) is 21.5. The van der Waals surface area contributed by atoms with Gasteiger partial charge in [-0.2, -0.15) is 5.26 Å². The number of benzene rings is 2. The van der Waals surface area contributed by atoms with E-state index >= 15 is 0 Å². The zero-order valence-electron chi connectivity index (χ0n) is 16.2. The molecule has 2 aromatic carbocycles. The van der Waals surface area contributed by atoms with Crippen LogP contribution < -0.4 is 5.32 Å². The fourth-order valence-corrected chi connectivity index (χ4v) is 3.41. The van der Waals surface area contributed by atoms with Gasteiger partial charge in [0.15, 0.2) is 0 Å². The Balaban J connectivity index is 1.89. The third kappa shape index (κ3) is 4.71. The highest BCUT2D eigenvalue weighted by molar-refractivity contribution is 7.11. The van der Waals surface area contributed by atoms with E-state index in [0.29, 0.717) is 16.3 Å². The molecule has 0 aliphatic carbocycles. The molecule has 7 nitrogen and oxygen atoms in total. The molecule has 0 atom stereocenters. The lowest BCUT2D eigenvalue weighted by Crippen LogP contribution is -2.07. The van der Waals surface area contributed by atoms with Gasteiger partial charge in [-0.25, -0.2) is 14.6 Å². The molecule has 0 bridgehead atoms. The number of anilines is 1. The van der Waals surface area contributed by atoms with Gasteiger partial charge in [0.1, 0.15) is 16.6 Å². The largest absolute Gasteiger partial charge is 0.465 e. The van der Waals surface area contributed by atoms with Gasteiger partial charge >= 0.3 is 11.9 Å². The molecule has 3 aromatic rings. The van der Waals surface area contributed by atoms with Gasteiger partial charge in [0.25, 0.3) is 0 Å². The Morgan fingerprint density at radius 3 is 2.27 bits per heavy atom. The molecule has 0 spiro atoms. The topological polar surface area (TPSA) is 101 Å². The third-order valence-corrected chi connectivity index (χ3v) is 4.96. The number of esters is 2. The van der Waals surface area contributed by atoms with Gasteiger partial charge in [0.2, 0.25) is 0 Å². The Hall–Kier alpha value is -3.96. The summed E-state index contributed by atoms with van der Waals surface area (Å²) in [7, 11) is 2.50. The van der Waals surface area contributed by atoms with Crippen molar-refractivity contribution >= 4 is 34.5 Å². The van der Waals surface area contributed by atoms with E-state index in [-0.39, 0.29) is 11.1 Å². The highest BCUT2D eigenvalue weighted by atomic mass is 32.1. The molecule has 0 aliphatic rings. The molecule has 8 heteroatoms. The van der Waals surface area contributed by atoms with E-state index in [1.54, 1.807) is 0 Å².